The van der Waals surface area contributed by atoms with Gasteiger partial charge in [-0.05, 0) is 23.2 Å². The number of hydrogen-bond donors (Lipinski definition) is 0. The molecule has 15 heavy (non-hydrogen) atoms. The average Bonchev–Trinajstić information content (AvgIpc) is 2.89. The fourth-order valence-electron chi connectivity index (χ4n) is 1.79. The van der Waals surface area contributed by atoms with Crippen LogP contribution in [0.4, 0.5) is 0 Å². The van der Waals surface area contributed by atoms with Crippen LogP contribution in [0, 0.1) is 11.3 Å². The number of ether oxygens (including phenoxy) is 2. The summed E-state index contributed by atoms with van der Waals surface area (Å²) in [6.45, 7) is 1.28. The number of unbranched alkanes of at least 4 members (excludes halogenated alkanes) is 1. The molecule has 1 aromatic heterocycles. The van der Waals surface area contributed by atoms with Crippen molar-refractivity contribution in [1.29, 1.82) is 5.26 Å². The minimum absolute atomic E-state index is 0.554. The highest BCUT2D eigenvalue weighted by molar-refractivity contribution is 7.08. The van der Waals surface area contributed by atoms with Crippen LogP contribution in [-0.4, -0.2) is 13.2 Å². The van der Waals surface area contributed by atoms with Gasteiger partial charge < -0.3 is 9.47 Å². The summed E-state index contributed by atoms with van der Waals surface area (Å²) in [4.78, 5) is 0. The van der Waals surface area contributed by atoms with Gasteiger partial charge in [-0.1, -0.05) is 0 Å². The summed E-state index contributed by atoms with van der Waals surface area (Å²) in [5, 5.41) is 12.6. The number of rotatable bonds is 4. The molecular formula is C11H13NO2S. The van der Waals surface area contributed by atoms with Gasteiger partial charge in [0.05, 0.1) is 19.3 Å². The van der Waals surface area contributed by atoms with E-state index in [4.69, 9.17) is 14.7 Å². The molecule has 0 aliphatic carbocycles. The first-order valence-electron chi connectivity index (χ1n) is 5.05. The maximum absolute atomic E-state index is 8.53. The number of hydrogen-bond acceptors (Lipinski definition) is 4. The molecule has 1 saturated heterocycles. The maximum atomic E-state index is 8.53. The summed E-state index contributed by atoms with van der Waals surface area (Å²) in [5.74, 6) is -0.573. The Bertz CT molecular complexity index is 336. The lowest BCUT2D eigenvalue weighted by Gasteiger charge is -2.26. The largest absolute Gasteiger partial charge is 0.343 e. The standard InChI is InChI=1S/C11H13NO2S/c12-5-2-1-4-11(13-6-7-14-11)10-3-8-15-9-10/h3,8-9H,1-2,4,6-7H2. The predicted octanol–water partition coefficient (Wildman–Crippen LogP) is 2.64. The Labute approximate surface area is 93.2 Å². The topological polar surface area (TPSA) is 42.2 Å². The maximum Gasteiger partial charge on any atom is 0.195 e. The van der Waals surface area contributed by atoms with Gasteiger partial charge in [0.1, 0.15) is 0 Å². The van der Waals surface area contributed by atoms with Crippen LogP contribution in [0.25, 0.3) is 0 Å². The Morgan fingerprint density at radius 2 is 2.27 bits per heavy atom. The van der Waals surface area contributed by atoms with Crippen molar-refractivity contribution >= 4 is 11.3 Å². The van der Waals surface area contributed by atoms with Crippen molar-refractivity contribution in [2.75, 3.05) is 13.2 Å². The molecule has 0 saturated carbocycles. The van der Waals surface area contributed by atoms with Gasteiger partial charge >= 0.3 is 0 Å². The second-order valence-electron chi connectivity index (χ2n) is 3.47. The smallest absolute Gasteiger partial charge is 0.195 e. The van der Waals surface area contributed by atoms with Crippen LogP contribution in [0.3, 0.4) is 0 Å². The van der Waals surface area contributed by atoms with Crippen LogP contribution in [0.1, 0.15) is 24.8 Å². The summed E-state index contributed by atoms with van der Waals surface area (Å²) in [5.41, 5.74) is 1.09. The Morgan fingerprint density at radius 1 is 1.47 bits per heavy atom. The molecule has 0 atom stereocenters. The van der Waals surface area contributed by atoms with E-state index < -0.39 is 5.79 Å². The third-order valence-electron chi connectivity index (χ3n) is 2.51. The normalized spacial score (nSPS) is 18.9. The molecule has 1 fully saturated rings. The van der Waals surface area contributed by atoms with E-state index in [9.17, 15) is 0 Å². The SMILES string of the molecule is N#CCCCC1(c2ccsc2)OCCO1. The van der Waals surface area contributed by atoms with E-state index in [0.29, 0.717) is 19.6 Å². The lowest BCUT2D eigenvalue weighted by Crippen LogP contribution is -2.26. The minimum Gasteiger partial charge on any atom is -0.343 e. The molecule has 0 spiro atoms. The summed E-state index contributed by atoms with van der Waals surface area (Å²) < 4.78 is 11.4. The second-order valence-corrected chi connectivity index (χ2v) is 4.25. The van der Waals surface area contributed by atoms with Crippen LogP contribution in [0.15, 0.2) is 16.8 Å². The van der Waals surface area contributed by atoms with E-state index in [-0.39, 0.29) is 0 Å². The van der Waals surface area contributed by atoms with Crippen LogP contribution in [-0.2, 0) is 15.3 Å². The molecule has 80 valence electrons. The summed E-state index contributed by atoms with van der Waals surface area (Å²) >= 11 is 1.64. The fourth-order valence-corrected chi connectivity index (χ4v) is 2.50. The van der Waals surface area contributed by atoms with Crippen LogP contribution in [0.5, 0.6) is 0 Å². The van der Waals surface area contributed by atoms with Crippen molar-refractivity contribution in [3.63, 3.8) is 0 Å². The number of thiophene rings is 1. The monoisotopic (exact) mass is 223 g/mol. The molecule has 2 rings (SSSR count). The van der Waals surface area contributed by atoms with Crippen molar-refractivity contribution in [1.82, 2.24) is 0 Å². The highest BCUT2D eigenvalue weighted by Crippen LogP contribution is 2.37. The van der Waals surface area contributed by atoms with Crippen molar-refractivity contribution in [3.8, 4) is 6.07 Å². The lowest BCUT2D eigenvalue weighted by atomic mass is 10.0. The molecule has 3 nitrogen and oxygen atoms in total. The van der Waals surface area contributed by atoms with E-state index in [0.717, 1.165) is 18.4 Å². The van der Waals surface area contributed by atoms with Crippen LogP contribution < -0.4 is 0 Å². The van der Waals surface area contributed by atoms with Gasteiger partial charge in [-0.3, -0.25) is 0 Å². The van der Waals surface area contributed by atoms with Crippen LogP contribution in [0.2, 0.25) is 0 Å². The first-order chi connectivity index (χ1) is 7.37. The summed E-state index contributed by atoms with van der Waals surface area (Å²) in [6.07, 6.45) is 2.13. The van der Waals surface area contributed by atoms with Crippen molar-refractivity contribution in [3.05, 3.63) is 22.4 Å². The third-order valence-corrected chi connectivity index (χ3v) is 3.19. The summed E-state index contributed by atoms with van der Waals surface area (Å²) in [6, 6.07) is 4.18. The lowest BCUT2D eigenvalue weighted by molar-refractivity contribution is -0.171. The Balaban J connectivity index is 2.08. The Morgan fingerprint density at radius 3 is 2.87 bits per heavy atom. The second kappa shape index (κ2) is 4.75. The molecule has 2 heterocycles. The van der Waals surface area contributed by atoms with Gasteiger partial charge in [0.2, 0.25) is 0 Å². The van der Waals surface area contributed by atoms with E-state index in [2.05, 4.69) is 11.4 Å². The van der Waals surface area contributed by atoms with Crippen molar-refractivity contribution < 1.29 is 9.47 Å². The van der Waals surface area contributed by atoms with Crippen molar-refractivity contribution in [2.45, 2.75) is 25.0 Å². The van der Waals surface area contributed by atoms with Gasteiger partial charge in [-0.2, -0.15) is 16.6 Å². The van der Waals surface area contributed by atoms with E-state index >= 15 is 0 Å². The van der Waals surface area contributed by atoms with Crippen molar-refractivity contribution in [2.24, 2.45) is 0 Å². The van der Waals surface area contributed by atoms with Gasteiger partial charge in [-0.15, -0.1) is 0 Å². The quantitative estimate of drug-likeness (QED) is 0.737. The molecule has 4 heteroatoms. The number of nitrogens with zero attached hydrogens (tertiary/aromatic N) is 1. The first-order valence-corrected chi connectivity index (χ1v) is 5.99. The average molecular weight is 223 g/mol. The zero-order valence-electron chi connectivity index (χ0n) is 8.44. The fraction of sp³-hybridized carbons (Fsp3) is 0.545. The minimum atomic E-state index is -0.573. The highest BCUT2D eigenvalue weighted by atomic mass is 32.1. The molecule has 1 aliphatic heterocycles. The predicted molar refractivity (Wildman–Crippen MR) is 57.4 cm³/mol. The van der Waals surface area contributed by atoms with Crippen LogP contribution >= 0.6 is 11.3 Å². The number of nitriles is 1. The molecule has 0 bridgehead atoms. The van der Waals surface area contributed by atoms with E-state index in [1.807, 2.05) is 11.4 Å². The molecule has 1 aliphatic rings. The molecular weight excluding hydrogens is 210 g/mol. The van der Waals surface area contributed by atoms with Gasteiger partial charge in [0.25, 0.3) is 0 Å². The van der Waals surface area contributed by atoms with Gasteiger partial charge in [0.15, 0.2) is 5.79 Å². The van der Waals surface area contributed by atoms with Gasteiger partial charge in [-0.25, -0.2) is 0 Å². The highest BCUT2D eigenvalue weighted by Gasteiger charge is 2.38. The zero-order chi connectivity index (χ0) is 10.6. The summed E-state index contributed by atoms with van der Waals surface area (Å²) in [7, 11) is 0. The van der Waals surface area contributed by atoms with E-state index in [1.165, 1.54) is 0 Å². The first kappa shape index (κ1) is 10.6. The zero-order valence-corrected chi connectivity index (χ0v) is 9.26. The third kappa shape index (κ3) is 2.20. The Kier molecular flexibility index (Phi) is 3.37. The molecule has 0 aromatic carbocycles. The van der Waals surface area contributed by atoms with E-state index in [1.54, 1.807) is 11.3 Å². The molecule has 0 N–H and O–H groups in total. The molecule has 0 amide bonds. The molecule has 1 aromatic rings. The molecule has 0 radical (unpaired) electrons. The van der Waals surface area contributed by atoms with Gasteiger partial charge in [0, 0.05) is 18.4 Å². The Hall–Kier alpha value is -0.890. The molecule has 0 unspecified atom stereocenters.